The number of thiophene rings is 1. The zero-order chi connectivity index (χ0) is 18.8. The molecule has 0 aliphatic heterocycles. The Morgan fingerprint density at radius 2 is 2.15 bits per heavy atom. The van der Waals surface area contributed by atoms with Crippen LogP contribution in [0.1, 0.15) is 22.5 Å². The van der Waals surface area contributed by atoms with Gasteiger partial charge in [0.15, 0.2) is 17.5 Å². The topological polar surface area (TPSA) is 78.9 Å². The number of methoxy groups -OCH3 is 1. The monoisotopic (exact) mass is 399 g/mol. The van der Waals surface area contributed by atoms with E-state index in [1.807, 2.05) is 53.4 Å². The predicted octanol–water partition coefficient (Wildman–Crippen LogP) is 3.76. The van der Waals surface area contributed by atoms with E-state index < -0.39 is 5.25 Å². The molecule has 9 heteroatoms. The van der Waals surface area contributed by atoms with Crippen LogP contribution in [0.4, 0.5) is 0 Å². The minimum absolute atomic E-state index is 0.433. The molecule has 0 N–H and O–H groups in total. The average molecular weight is 400 g/mol. The van der Waals surface area contributed by atoms with Crippen molar-refractivity contribution in [2.75, 3.05) is 7.11 Å². The van der Waals surface area contributed by atoms with Crippen LogP contribution in [0.2, 0.25) is 0 Å². The van der Waals surface area contributed by atoms with Gasteiger partial charge in [-0.2, -0.15) is 17.6 Å². The zero-order valence-corrected chi connectivity index (χ0v) is 16.4. The standard InChI is InChI=1S/C18H17N5O2S2/c1-23-16(13-7-4-8-27-13)20-21-17(23)14(26)15-19-18(25-22-15)12-6-3-5-11(9-12)10-24-2/h3-9,14,26H,10H2,1-2H3. The van der Waals surface area contributed by atoms with Gasteiger partial charge < -0.3 is 13.8 Å². The Bertz CT molecular complexity index is 1040. The first-order chi connectivity index (χ1) is 13.2. The minimum atomic E-state index is -0.448. The van der Waals surface area contributed by atoms with Gasteiger partial charge in [0.25, 0.3) is 5.89 Å². The van der Waals surface area contributed by atoms with Gasteiger partial charge in [-0.25, -0.2) is 0 Å². The summed E-state index contributed by atoms with van der Waals surface area (Å²) in [6.07, 6.45) is 0. The van der Waals surface area contributed by atoms with Crippen LogP contribution >= 0.6 is 24.0 Å². The Labute approximate surface area is 165 Å². The molecule has 1 unspecified atom stereocenters. The molecule has 7 nitrogen and oxygen atoms in total. The Morgan fingerprint density at radius 3 is 2.93 bits per heavy atom. The van der Waals surface area contributed by atoms with Gasteiger partial charge in [-0.05, 0) is 29.1 Å². The number of hydrogen-bond acceptors (Lipinski definition) is 8. The molecule has 1 aromatic carbocycles. The van der Waals surface area contributed by atoms with Crippen LogP contribution in [-0.2, 0) is 18.4 Å². The van der Waals surface area contributed by atoms with Gasteiger partial charge in [-0.1, -0.05) is 23.4 Å². The summed E-state index contributed by atoms with van der Waals surface area (Å²) in [6, 6.07) is 11.8. The van der Waals surface area contributed by atoms with Gasteiger partial charge in [0.05, 0.1) is 11.5 Å². The summed E-state index contributed by atoms with van der Waals surface area (Å²) in [5, 5.41) is 14.2. The zero-order valence-electron chi connectivity index (χ0n) is 14.7. The van der Waals surface area contributed by atoms with Gasteiger partial charge in [0, 0.05) is 19.7 Å². The van der Waals surface area contributed by atoms with E-state index >= 15 is 0 Å². The fraction of sp³-hybridized carbons (Fsp3) is 0.222. The van der Waals surface area contributed by atoms with E-state index in [1.54, 1.807) is 18.4 Å². The van der Waals surface area contributed by atoms with Crippen LogP contribution in [0.25, 0.3) is 22.2 Å². The molecule has 3 heterocycles. The number of ether oxygens (including phenoxy) is 1. The lowest BCUT2D eigenvalue weighted by Crippen LogP contribution is -2.05. The Morgan fingerprint density at radius 1 is 1.26 bits per heavy atom. The van der Waals surface area contributed by atoms with Crippen LogP contribution in [-0.4, -0.2) is 32.0 Å². The molecule has 0 spiro atoms. The maximum atomic E-state index is 5.44. The molecular weight excluding hydrogens is 382 g/mol. The van der Waals surface area contributed by atoms with E-state index in [9.17, 15) is 0 Å². The summed E-state index contributed by atoms with van der Waals surface area (Å²) in [7, 11) is 3.57. The van der Waals surface area contributed by atoms with Gasteiger partial charge in [-0.3, -0.25) is 0 Å². The lowest BCUT2D eigenvalue weighted by molar-refractivity contribution is 0.185. The number of benzene rings is 1. The maximum Gasteiger partial charge on any atom is 0.257 e. The van der Waals surface area contributed by atoms with E-state index in [0.29, 0.717) is 24.1 Å². The van der Waals surface area contributed by atoms with Gasteiger partial charge in [-0.15, -0.1) is 21.5 Å². The number of hydrogen-bond donors (Lipinski definition) is 1. The van der Waals surface area contributed by atoms with Crippen LogP contribution in [0, 0.1) is 0 Å². The molecule has 0 amide bonds. The molecule has 1 atom stereocenters. The normalized spacial score (nSPS) is 12.4. The molecule has 27 heavy (non-hydrogen) atoms. The molecule has 0 bridgehead atoms. The minimum Gasteiger partial charge on any atom is -0.380 e. The van der Waals surface area contributed by atoms with Crippen LogP contribution in [0.15, 0.2) is 46.3 Å². The van der Waals surface area contributed by atoms with Gasteiger partial charge >= 0.3 is 0 Å². The summed E-state index contributed by atoms with van der Waals surface area (Å²) < 4.78 is 12.5. The third-order valence-corrected chi connectivity index (χ3v) is 5.39. The third-order valence-electron chi connectivity index (χ3n) is 4.07. The highest BCUT2D eigenvalue weighted by molar-refractivity contribution is 7.80. The number of thiol groups is 1. The van der Waals surface area contributed by atoms with Crippen LogP contribution in [0.3, 0.4) is 0 Å². The first-order valence-corrected chi connectivity index (χ1v) is 9.60. The SMILES string of the molecule is COCc1cccc(-c2nc(C(S)c3nnc(-c4cccs4)n3C)no2)c1. The lowest BCUT2D eigenvalue weighted by Gasteiger charge is -2.06. The molecule has 138 valence electrons. The highest BCUT2D eigenvalue weighted by Gasteiger charge is 2.24. The molecule has 0 saturated carbocycles. The van der Waals surface area contributed by atoms with Crippen molar-refractivity contribution >= 4 is 24.0 Å². The molecule has 4 aromatic rings. The summed E-state index contributed by atoms with van der Waals surface area (Å²) in [4.78, 5) is 5.54. The third kappa shape index (κ3) is 3.53. The molecule has 0 radical (unpaired) electrons. The second-order valence-electron chi connectivity index (χ2n) is 5.91. The largest absolute Gasteiger partial charge is 0.380 e. The fourth-order valence-electron chi connectivity index (χ4n) is 2.74. The van der Waals surface area contributed by atoms with Gasteiger partial charge in [0.2, 0.25) is 0 Å². The molecule has 4 rings (SSSR count). The van der Waals surface area contributed by atoms with E-state index in [0.717, 1.165) is 21.8 Å². The second-order valence-corrected chi connectivity index (χ2v) is 7.38. The predicted molar refractivity (Wildman–Crippen MR) is 106 cm³/mol. The van der Waals surface area contributed by atoms with Crippen molar-refractivity contribution in [2.45, 2.75) is 11.9 Å². The molecule has 0 aliphatic rings. The molecule has 0 saturated heterocycles. The summed E-state index contributed by atoms with van der Waals surface area (Å²) in [5.74, 6) is 2.32. The second kappa shape index (κ2) is 7.63. The van der Waals surface area contributed by atoms with E-state index in [-0.39, 0.29) is 0 Å². The van der Waals surface area contributed by atoms with Crippen LogP contribution in [0.5, 0.6) is 0 Å². The van der Waals surface area contributed by atoms with Crippen molar-refractivity contribution in [3.63, 3.8) is 0 Å². The first-order valence-electron chi connectivity index (χ1n) is 8.20. The Balaban J connectivity index is 1.61. The highest BCUT2D eigenvalue weighted by Crippen LogP contribution is 2.30. The molecule has 3 aromatic heterocycles. The van der Waals surface area contributed by atoms with Crippen LogP contribution < -0.4 is 0 Å². The highest BCUT2D eigenvalue weighted by atomic mass is 32.1. The maximum absolute atomic E-state index is 5.44. The summed E-state index contributed by atoms with van der Waals surface area (Å²) in [5.41, 5.74) is 1.87. The summed E-state index contributed by atoms with van der Waals surface area (Å²) in [6.45, 7) is 0.522. The van der Waals surface area contributed by atoms with E-state index in [4.69, 9.17) is 9.26 Å². The lowest BCUT2D eigenvalue weighted by atomic mass is 10.1. The van der Waals surface area contributed by atoms with Crippen molar-refractivity contribution in [1.82, 2.24) is 24.9 Å². The number of aromatic nitrogens is 5. The smallest absolute Gasteiger partial charge is 0.257 e. The number of nitrogens with zero attached hydrogens (tertiary/aromatic N) is 5. The fourth-order valence-corrected chi connectivity index (χ4v) is 3.81. The average Bonchev–Trinajstić information content (AvgIpc) is 3.42. The van der Waals surface area contributed by atoms with Gasteiger partial charge in [0.1, 0.15) is 5.25 Å². The number of rotatable bonds is 6. The van der Waals surface area contributed by atoms with E-state index in [2.05, 4.69) is 33.0 Å². The first kappa shape index (κ1) is 17.9. The van der Waals surface area contributed by atoms with Crippen molar-refractivity contribution in [3.05, 3.63) is 59.0 Å². The Kier molecular flexibility index (Phi) is 5.06. The quantitative estimate of drug-likeness (QED) is 0.498. The van der Waals surface area contributed by atoms with Crippen molar-refractivity contribution in [2.24, 2.45) is 7.05 Å². The molecule has 0 aliphatic carbocycles. The molecule has 0 fully saturated rings. The van der Waals surface area contributed by atoms with Crippen molar-refractivity contribution in [1.29, 1.82) is 0 Å². The molecular formula is C18H17N5O2S2. The van der Waals surface area contributed by atoms with Crippen molar-refractivity contribution < 1.29 is 9.26 Å². The Hall–Kier alpha value is -2.49. The van der Waals surface area contributed by atoms with Crippen molar-refractivity contribution in [3.8, 4) is 22.2 Å². The summed E-state index contributed by atoms with van der Waals surface area (Å²) >= 11 is 6.25. The van der Waals surface area contributed by atoms with E-state index in [1.165, 1.54) is 0 Å².